The fourth-order valence-corrected chi connectivity index (χ4v) is 0.900. The molecule has 1 aromatic rings. The minimum absolute atomic E-state index is 0.00172. The van der Waals surface area contributed by atoms with Gasteiger partial charge in [-0.15, -0.1) is 5.10 Å². The number of aromatic nitrogens is 3. The van der Waals surface area contributed by atoms with Gasteiger partial charge in [-0.25, -0.2) is 4.68 Å². The average molecular weight is 185 g/mol. The Morgan fingerprint density at radius 3 is 3.00 bits per heavy atom. The molecular weight excluding hydrogens is 174 g/mol. The van der Waals surface area contributed by atoms with Crippen molar-refractivity contribution in [2.24, 2.45) is 0 Å². The Hall–Kier alpha value is -1.43. The molecule has 0 atom stereocenters. The van der Waals surface area contributed by atoms with E-state index in [1.165, 1.54) is 4.68 Å². The number of carboxylic acid groups (broad SMARTS) is 1. The molecule has 0 radical (unpaired) electrons. The molecule has 0 aliphatic rings. The van der Waals surface area contributed by atoms with Gasteiger partial charge in [0.1, 0.15) is 0 Å². The van der Waals surface area contributed by atoms with E-state index in [-0.39, 0.29) is 13.0 Å². The van der Waals surface area contributed by atoms with Crippen molar-refractivity contribution in [3.63, 3.8) is 0 Å². The quantitative estimate of drug-likeness (QED) is 0.632. The molecule has 0 saturated carbocycles. The van der Waals surface area contributed by atoms with E-state index in [0.29, 0.717) is 18.7 Å². The third kappa shape index (κ3) is 3.20. The van der Waals surface area contributed by atoms with Gasteiger partial charge in [-0.1, -0.05) is 5.21 Å². The van der Waals surface area contributed by atoms with Crippen molar-refractivity contribution in [3.8, 4) is 0 Å². The number of aryl methyl sites for hydroxylation is 1. The number of hydrogen-bond acceptors (Lipinski definition) is 4. The summed E-state index contributed by atoms with van der Waals surface area (Å²) >= 11 is 0. The summed E-state index contributed by atoms with van der Waals surface area (Å²) in [6, 6.07) is 0. The molecule has 1 aromatic heterocycles. The lowest BCUT2D eigenvalue weighted by Crippen LogP contribution is -2.02. The van der Waals surface area contributed by atoms with E-state index in [4.69, 9.17) is 10.2 Å². The van der Waals surface area contributed by atoms with Crippen molar-refractivity contribution in [1.29, 1.82) is 0 Å². The van der Waals surface area contributed by atoms with E-state index >= 15 is 0 Å². The third-order valence-electron chi connectivity index (χ3n) is 1.51. The van der Waals surface area contributed by atoms with E-state index < -0.39 is 5.97 Å². The van der Waals surface area contributed by atoms with Gasteiger partial charge >= 0.3 is 5.97 Å². The smallest absolute Gasteiger partial charge is 0.303 e. The second-order valence-electron chi connectivity index (χ2n) is 2.59. The van der Waals surface area contributed by atoms with Crippen molar-refractivity contribution in [1.82, 2.24) is 15.0 Å². The molecule has 0 aliphatic carbocycles. The Bertz CT molecular complexity index is 284. The summed E-state index contributed by atoms with van der Waals surface area (Å²) in [5.74, 6) is -0.850. The first-order valence-corrected chi connectivity index (χ1v) is 3.94. The van der Waals surface area contributed by atoms with E-state index in [2.05, 4.69) is 10.3 Å². The minimum atomic E-state index is -0.850. The van der Waals surface area contributed by atoms with Gasteiger partial charge in [-0.3, -0.25) is 4.79 Å². The summed E-state index contributed by atoms with van der Waals surface area (Å²) in [4.78, 5) is 10.2. The molecule has 0 fully saturated rings. The average Bonchev–Trinajstić information content (AvgIpc) is 2.50. The molecule has 0 spiro atoms. The molecule has 13 heavy (non-hydrogen) atoms. The van der Waals surface area contributed by atoms with Crippen molar-refractivity contribution in [3.05, 3.63) is 11.9 Å². The van der Waals surface area contributed by atoms with Crippen LogP contribution in [0.4, 0.5) is 0 Å². The first-order valence-electron chi connectivity index (χ1n) is 3.94. The Balaban J connectivity index is 2.44. The summed E-state index contributed by atoms with van der Waals surface area (Å²) in [5.41, 5.74) is 0.635. The number of aliphatic carboxylic acids is 1. The number of carboxylic acids is 1. The van der Waals surface area contributed by atoms with Crippen LogP contribution in [0.1, 0.15) is 12.1 Å². The van der Waals surface area contributed by atoms with E-state index in [0.717, 1.165) is 0 Å². The van der Waals surface area contributed by atoms with Gasteiger partial charge in [0.15, 0.2) is 0 Å². The van der Waals surface area contributed by atoms with Crippen molar-refractivity contribution in [2.75, 3.05) is 6.61 Å². The number of aliphatic hydroxyl groups excluding tert-OH is 1. The number of nitrogens with zero attached hydrogens (tertiary/aromatic N) is 3. The lowest BCUT2D eigenvalue weighted by Gasteiger charge is -1.92. The van der Waals surface area contributed by atoms with Gasteiger partial charge < -0.3 is 10.2 Å². The standard InChI is InChI=1S/C7H11N3O3/c11-4-3-10-5-6(8-9-10)1-2-7(12)13/h5,11H,1-4H2,(H,12,13). The fraction of sp³-hybridized carbons (Fsp3) is 0.571. The molecule has 0 saturated heterocycles. The van der Waals surface area contributed by atoms with Crippen LogP contribution in [0.2, 0.25) is 0 Å². The van der Waals surface area contributed by atoms with Crippen LogP contribution in [-0.4, -0.2) is 37.8 Å². The Labute approximate surface area is 74.8 Å². The minimum Gasteiger partial charge on any atom is -0.481 e. The number of hydrogen-bond donors (Lipinski definition) is 2. The summed E-state index contributed by atoms with van der Waals surface area (Å²) < 4.78 is 1.48. The van der Waals surface area contributed by atoms with Crippen LogP contribution in [0.15, 0.2) is 6.20 Å². The maximum absolute atomic E-state index is 10.2. The molecule has 72 valence electrons. The first kappa shape index (κ1) is 9.66. The van der Waals surface area contributed by atoms with Crippen LogP contribution >= 0.6 is 0 Å². The van der Waals surface area contributed by atoms with Crippen LogP contribution in [0.25, 0.3) is 0 Å². The molecule has 0 amide bonds. The number of aliphatic hydroxyl groups is 1. The normalized spacial score (nSPS) is 10.2. The van der Waals surface area contributed by atoms with Gasteiger partial charge in [0, 0.05) is 12.6 Å². The van der Waals surface area contributed by atoms with E-state index in [1.54, 1.807) is 6.20 Å². The maximum atomic E-state index is 10.2. The van der Waals surface area contributed by atoms with Gasteiger partial charge in [0.2, 0.25) is 0 Å². The van der Waals surface area contributed by atoms with Crippen LogP contribution in [0.3, 0.4) is 0 Å². The zero-order valence-corrected chi connectivity index (χ0v) is 7.05. The van der Waals surface area contributed by atoms with Crippen LogP contribution in [0.5, 0.6) is 0 Å². The lowest BCUT2D eigenvalue weighted by atomic mass is 10.2. The Morgan fingerprint density at radius 1 is 1.62 bits per heavy atom. The highest BCUT2D eigenvalue weighted by molar-refractivity contribution is 5.66. The largest absolute Gasteiger partial charge is 0.481 e. The Morgan fingerprint density at radius 2 is 2.38 bits per heavy atom. The maximum Gasteiger partial charge on any atom is 0.303 e. The predicted octanol–water partition coefficient (Wildman–Crippen LogP) is -0.712. The number of rotatable bonds is 5. The van der Waals surface area contributed by atoms with Gasteiger partial charge in [0.25, 0.3) is 0 Å². The van der Waals surface area contributed by atoms with E-state index in [9.17, 15) is 4.79 Å². The molecule has 1 heterocycles. The van der Waals surface area contributed by atoms with E-state index in [1.807, 2.05) is 0 Å². The SMILES string of the molecule is O=C(O)CCc1cn(CCO)nn1. The van der Waals surface area contributed by atoms with Gasteiger partial charge in [0.05, 0.1) is 25.3 Å². The summed E-state index contributed by atoms with van der Waals surface area (Å²) in [6.45, 7) is 0.391. The second-order valence-corrected chi connectivity index (χ2v) is 2.59. The predicted molar refractivity (Wildman–Crippen MR) is 43.1 cm³/mol. The summed E-state index contributed by atoms with van der Waals surface area (Å²) in [7, 11) is 0. The zero-order chi connectivity index (χ0) is 9.68. The Kier molecular flexibility index (Phi) is 3.39. The lowest BCUT2D eigenvalue weighted by molar-refractivity contribution is -0.136. The third-order valence-corrected chi connectivity index (χ3v) is 1.51. The van der Waals surface area contributed by atoms with Crippen molar-refractivity contribution < 1.29 is 15.0 Å². The molecule has 0 unspecified atom stereocenters. The molecule has 0 aliphatic heterocycles. The van der Waals surface area contributed by atoms with Crippen LogP contribution in [-0.2, 0) is 17.8 Å². The molecule has 6 heteroatoms. The monoisotopic (exact) mass is 185 g/mol. The van der Waals surface area contributed by atoms with Crippen LogP contribution in [0, 0.1) is 0 Å². The zero-order valence-electron chi connectivity index (χ0n) is 7.05. The molecule has 0 aromatic carbocycles. The van der Waals surface area contributed by atoms with Gasteiger partial charge in [-0.05, 0) is 0 Å². The molecular formula is C7H11N3O3. The highest BCUT2D eigenvalue weighted by atomic mass is 16.4. The highest BCUT2D eigenvalue weighted by Gasteiger charge is 2.03. The van der Waals surface area contributed by atoms with Crippen LogP contribution < -0.4 is 0 Å². The second kappa shape index (κ2) is 4.56. The van der Waals surface area contributed by atoms with Gasteiger partial charge in [-0.2, -0.15) is 0 Å². The molecule has 1 rings (SSSR count). The summed E-state index contributed by atoms with van der Waals surface area (Å²) in [6.07, 6.45) is 2.07. The van der Waals surface area contributed by atoms with Crippen molar-refractivity contribution >= 4 is 5.97 Å². The number of carbonyl (C=O) groups is 1. The summed E-state index contributed by atoms with van der Waals surface area (Å²) in [5, 5.41) is 24.4. The fourth-order valence-electron chi connectivity index (χ4n) is 0.900. The molecule has 6 nitrogen and oxygen atoms in total. The topological polar surface area (TPSA) is 88.2 Å². The van der Waals surface area contributed by atoms with Crippen molar-refractivity contribution in [2.45, 2.75) is 19.4 Å². The molecule has 2 N–H and O–H groups in total. The highest BCUT2D eigenvalue weighted by Crippen LogP contribution is 1.97. The first-order chi connectivity index (χ1) is 6.22. The molecule has 0 bridgehead atoms.